The van der Waals surface area contributed by atoms with Gasteiger partial charge in [0.15, 0.2) is 5.78 Å². The monoisotopic (exact) mass is 300 g/mol. The molecule has 120 valence electrons. The quantitative estimate of drug-likeness (QED) is 0.715. The van der Waals surface area contributed by atoms with E-state index in [1.54, 1.807) is 0 Å². The van der Waals surface area contributed by atoms with Crippen LogP contribution >= 0.6 is 0 Å². The minimum absolute atomic E-state index is 0.0260. The molecule has 0 aliphatic heterocycles. The molecule has 0 aromatic rings. The molecule has 4 aliphatic carbocycles. The summed E-state index contributed by atoms with van der Waals surface area (Å²) in [6, 6.07) is 0. The first kappa shape index (κ1) is 14.7. The Morgan fingerprint density at radius 2 is 1.86 bits per heavy atom. The Morgan fingerprint density at radius 3 is 2.64 bits per heavy atom. The molecule has 2 nitrogen and oxygen atoms in total. The van der Waals surface area contributed by atoms with Gasteiger partial charge in [0.25, 0.3) is 0 Å². The van der Waals surface area contributed by atoms with Crippen LogP contribution in [0.15, 0.2) is 11.6 Å². The van der Waals surface area contributed by atoms with E-state index in [1.807, 2.05) is 6.08 Å². The standard InChI is InChI=1S/C20H28O2/c1-3-20-11-8-14(21)12-13(20)4-5-15-16-6-7-18(22)19(16,2)10-9-17(15)20/h12,15-17H,3-11H2,1-2H3. The third-order valence-corrected chi connectivity index (χ3v) is 8.03. The summed E-state index contributed by atoms with van der Waals surface area (Å²) in [7, 11) is 0. The number of allylic oxidation sites excluding steroid dienone is 1. The van der Waals surface area contributed by atoms with Crippen molar-refractivity contribution in [3.05, 3.63) is 11.6 Å². The topological polar surface area (TPSA) is 34.1 Å². The van der Waals surface area contributed by atoms with Gasteiger partial charge in [0.05, 0.1) is 0 Å². The molecule has 0 heterocycles. The average molecular weight is 300 g/mol. The summed E-state index contributed by atoms with van der Waals surface area (Å²) in [5.74, 6) is 2.92. The minimum atomic E-state index is -0.0260. The molecule has 0 amide bonds. The van der Waals surface area contributed by atoms with Gasteiger partial charge in [-0.3, -0.25) is 9.59 Å². The molecule has 0 bridgehead atoms. The highest BCUT2D eigenvalue weighted by Gasteiger charge is 2.59. The molecule has 0 radical (unpaired) electrons. The lowest BCUT2D eigenvalue weighted by atomic mass is 9.46. The smallest absolute Gasteiger partial charge is 0.155 e. The zero-order valence-electron chi connectivity index (χ0n) is 14.0. The van der Waals surface area contributed by atoms with Gasteiger partial charge in [-0.2, -0.15) is 0 Å². The molecular formula is C20H28O2. The van der Waals surface area contributed by atoms with Crippen molar-refractivity contribution in [1.29, 1.82) is 0 Å². The van der Waals surface area contributed by atoms with Crippen LogP contribution in [0.4, 0.5) is 0 Å². The SMILES string of the molecule is CCC12CCC(=O)C=C1CCC1C3CCC(=O)C3(C)CCC12. The van der Waals surface area contributed by atoms with Crippen molar-refractivity contribution in [2.75, 3.05) is 0 Å². The van der Waals surface area contributed by atoms with E-state index < -0.39 is 0 Å². The highest BCUT2D eigenvalue weighted by molar-refractivity contribution is 5.91. The number of carbonyl (C=O) groups excluding carboxylic acids is 2. The average Bonchev–Trinajstić information content (AvgIpc) is 2.82. The first-order chi connectivity index (χ1) is 10.5. The van der Waals surface area contributed by atoms with Gasteiger partial charge in [-0.25, -0.2) is 0 Å². The van der Waals surface area contributed by atoms with Crippen molar-refractivity contribution in [2.45, 2.75) is 71.6 Å². The molecule has 0 aromatic heterocycles. The number of ketones is 2. The van der Waals surface area contributed by atoms with E-state index >= 15 is 0 Å². The molecule has 22 heavy (non-hydrogen) atoms. The summed E-state index contributed by atoms with van der Waals surface area (Å²) in [5, 5.41) is 0. The predicted octanol–water partition coefficient (Wildman–Crippen LogP) is 4.48. The van der Waals surface area contributed by atoms with Gasteiger partial charge in [0.1, 0.15) is 5.78 Å². The van der Waals surface area contributed by atoms with Crippen LogP contribution in [-0.4, -0.2) is 11.6 Å². The molecule has 3 fully saturated rings. The van der Waals surface area contributed by atoms with Crippen LogP contribution in [0.3, 0.4) is 0 Å². The Bertz CT molecular complexity index is 560. The van der Waals surface area contributed by atoms with E-state index in [4.69, 9.17) is 0 Å². The van der Waals surface area contributed by atoms with E-state index in [9.17, 15) is 9.59 Å². The van der Waals surface area contributed by atoms with Gasteiger partial charge in [0, 0.05) is 18.3 Å². The second-order valence-corrected chi connectivity index (χ2v) is 8.48. The summed E-state index contributed by atoms with van der Waals surface area (Å²) >= 11 is 0. The lowest BCUT2D eigenvalue weighted by molar-refractivity contribution is -0.133. The van der Waals surface area contributed by atoms with Crippen LogP contribution in [0.2, 0.25) is 0 Å². The third-order valence-electron chi connectivity index (χ3n) is 8.03. The Labute approximate surface area is 133 Å². The molecule has 5 atom stereocenters. The largest absolute Gasteiger partial charge is 0.299 e. The lowest BCUT2D eigenvalue weighted by Gasteiger charge is -2.58. The first-order valence-corrected chi connectivity index (χ1v) is 9.28. The van der Waals surface area contributed by atoms with E-state index in [0.717, 1.165) is 50.4 Å². The second kappa shape index (κ2) is 4.79. The van der Waals surface area contributed by atoms with Crippen molar-refractivity contribution >= 4 is 11.6 Å². The number of hydrogen-bond donors (Lipinski definition) is 0. The van der Waals surface area contributed by atoms with Crippen molar-refractivity contribution in [3.8, 4) is 0 Å². The fraction of sp³-hybridized carbons (Fsp3) is 0.800. The summed E-state index contributed by atoms with van der Waals surface area (Å²) in [6.07, 6.45) is 11.5. The van der Waals surface area contributed by atoms with Crippen LogP contribution in [0.5, 0.6) is 0 Å². The first-order valence-electron chi connectivity index (χ1n) is 9.28. The van der Waals surface area contributed by atoms with E-state index in [2.05, 4.69) is 13.8 Å². The summed E-state index contributed by atoms with van der Waals surface area (Å²) in [4.78, 5) is 24.3. The molecule has 0 spiro atoms. The number of hydrogen-bond acceptors (Lipinski definition) is 2. The summed E-state index contributed by atoms with van der Waals surface area (Å²) in [5.41, 5.74) is 1.71. The van der Waals surface area contributed by atoms with Crippen molar-refractivity contribution in [2.24, 2.45) is 28.6 Å². The highest BCUT2D eigenvalue weighted by atomic mass is 16.1. The zero-order valence-corrected chi connectivity index (χ0v) is 14.0. The van der Waals surface area contributed by atoms with Gasteiger partial charge in [-0.15, -0.1) is 0 Å². The van der Waals surface area contributed by atoms with Crippen LogP contribution in [0.1, 0.15) is 71.6 Å². The molecule has 3 saturated carbocycles. The minimum Gasteiger partial charge on any atom is -0.299 e. The number of fused-ring (bicyclic) bond motifs is 5. The second-order valence-electron chi connectivity index (χ2n) is 8.48. The molecule has 4 rings (SSSR count). The third kappa shape index (κ3) is 1.73. The Morgan fingerprint density at radius 1 is 1.05 bits per heavy atom. The fourth-order valence-corrected chi connectivity index (χ4v) is 6.80. The highest BCUT2D eigenvalue weighted by Crippen LogP contribution is 2.65. The van der Waals surface area contributed by atoms with Gasteiger partial charge < -0.3 is 0 Å². The van der Waals surface area contributed by atoms with Gasteiger partial charge in [0.2, 0.25) is 0 Å². The maximum Gasteiger partial charge on any atom is 0.155 e. The van der Waals surface area contributed by atoms with E-state index in [-0.39, 0.29) is 10.8 Å². The summed E-state index contributed by atoms with van der Waals surface area (Å²) < 4.78 is 0. The Hall–Kier alpha value is -0.920. The zero-order chi connectivity index (χ0) is 15.5. The molecule has 0 N–H and O–H groups in total. The molecular weight excluding hydrogens is 272 g/mol. The molecule has 4 aliphatic rings. The molecule has 5 unspecified atom stereocenters. The van der Waals surface area contributed by atoms with Gasteiger partial charge >= 0.3 is 0 Å². The fourth-order valence-electron chi connectivity index (χ4n) is 6.80. The van der Waals surface area contributed by atoms with Gasteiger partial charge in [-0.1, -0.05) is 19.4 Å². The molecule has 0 aromatic carbocycles. The molecule has 2 heteroatoms. The van der Waals surface area contributed by atoms with Crippen molar-refractivity contribution in [3.63, 3.8) is 0 Å². The van der Waals surface area contributed by atoms with Crippen molar-refractivity contribution in [1.82, 2.24) is 0 Å². The lowest BCUT2D eigenvalue weighted by Crippen LogP contribution is -2.51. The van der Waals surface area contributed by atoms with E-state index in [0.29, 0.717) is 17.5 Å². The predicted molar refractivity (Wildman–Crippen MR) is 86.3 cm³/mol. The van der Waals surface area contributed by atoms with Crippen molar-refractivity contribution < 1.29 is 9.59 Å². The Balaban J connectivity index is 1.73. The van der Waals surface area contributed by atoms with Crippen LogP contribution in [-0.2, 0) is 9.59 Å². The maximum absolute atomic E-state index is 12.4. The molecule has 0 saturated heterocycles. The number of carbonyl (C=O) groups is 2. The normalized spacial score (nSPS) is 47.5. The van der Waals surface area contributed by atoms with E-state index in [1.165, 1.54) is 24.8 Å². The number of rotatable bonds is 1. The van der Waals surface area contributed by atoms with Crippen LogP contribution < -0.4 is 0 Å². The number of Topliss-reactive ketones (excluding diaryl/α,β-unsaturated/α-hetero) is 1. The van der Waals surface area contributed by atoms with Gasteiger partial charge in [-0.05, 0) is 74.2 Å². The van der Waals surface area contributed by atoms with Crippen LogP contribution in [0, 0.1) is 28.6 Å². The summed E-state index contributed by atoms with van der Waals surface area (Å²) in [6.45, 7) is 4.57. The maximum atomic E-state index is 12.4. The Kier molecular flexibility index (Phi) is 3.19. The van der Waals surface area contributed by atoms with Crippen LogP contribution in [0.25, 0.3) is 0 Å².